The second kappa shape index (κ2) is 6.40. The molecular formula is C15H20ClNO2. The van der Waals surface area contributed by atoms with E-state index >= 15 is 0 Å². The summed E-state index contributed by atoms with van der Waals surface area (Å²) in [6, 6.07) is 8.28. The third-order valence-electron chi connectivity index (χ3n) is 3.60. The van der Waals surface area contributed by atoms with Crippen molar-refractivity contribution in [2.24, 2.45) is 5.92 Å². The molecule has 1 atom stereocenters. The lowest BCUT2D eigenvalue weighted by molar-refractivity contribution is -0.134. The summed E-state index contributed by atoms with van der Waals surface area (Å²) in [6.45, 7) is 0.991. The Morgan fingerprint density at radius 3 is 2.53 bits per heavy atom. The number of hydrogen-bond acceptors (Lipinski definition) is 2. The molecule has 0 saturated carbocycles. The van der Waals surface area contributed by atoms with Gasteiger partial charge >= 0.3 is 0 Å². The summed E-state index contributed by atoms with van der Waals surface area (Å²) in [6.07, 6.45) is 1.69. The SMILES string of the molecule is COCC(Cl)CN(C)C(=O)C1Cc2ccccc2C1. The van der Waals surface area contributed by atoms with Crippen molar-refractivity contribution in [2.75, 3.05) is 27.3 Å². The third-order valence-corrected chi connectivity index (χ3v) is 3.86. The summed E-state index contributed by atoms with van der Waals surface area (Å²) >= 11 is 6.10. The molecule has 2 rings (SSSR count). The molecule has 0 heterocycles. The quantitative estimate of drug-likeness (QED) is 0.774. The first-order valence-electron chi connectivity index (χ1n) is 6.56. The van der Waals surface area contributed by atoms with Gasteiger partial charge in [-0.1, -0.05) is 24.3 Å². The van der Waals surface area contributed by atoms with Gasteiger partial charge in [-0.2, -0.15) is 0 Å². The van der Waals surface area contributed by atoms with Crippen molar-refractivity contribution in [2.45, 2.75) is 18.2 Å². The maximum Gasteiger partial charge on any atom is 0.226 e. The van der Waals surface area contributed by atoms with Gasteiger partial charge < -0.3 is 9.64 Å². The minimum atomic E-state index is -0.150. The van der Waals surface area contributed by atoms with Crippen molar-refractivity contribution < 1.29 is 9.53 Å². The molecule has 1 aromatic carbocycles. The molecule has 1 aromatic rings. The molecule has 104 valence electrons. The van der Waals surface area contributed by atoms with Gasteiger partial charge in [0, 0.05) is 26.6 Å². The zero-order valence-corrected chi connectivity index (χ0v) is 12.2. The van der Waals surface area contributed by atoms with Crippen LogP contribution in [0.15, 0.2) is 24.3 Å². The number of halogens is 1. The van der Waals surface area contributed by atoms with Crippen molar-refractivity contribution in [1.82, 2.24) is 4.90 Å². The molecule has 0 radical (unpaired) electrons. The Hall–Kier alpha value is -1.06. The lowest BCUT2D eigenvalue weighted by atomic mass is 10.0. The van der Waals surface area contributed by atoms with Crippen LogP contribution in [-0.4, -0.2) is 43.5 Å². The predicted molar refractivity (Wildman–Crippen MR) is 76.5 cm³/mol. The van der Waals surface area contributed by atoms with E-state index in [1.807, 2.05) is 19.2 Å². The molecule has 1 amide bonds. The fraction of sp³-hybridized carbons (Fsp3) is 0.533. The molecule has 1 aliphatic rings. The van der Waals surface area contributed by atoms with Crippen molar-refractivity contribution in [3.63, 3.8) is 0 Å². The van der Waals surface area contributed by atoms with Gasteiger partial charge in [0.1, 0.15) is 0 Å². The van der Waals surface area contributed by atoms with Gasteiger partial charge in [0.2, 0.25) is 5.91 Å². The van der Waals surface area contributed by atoms with Crippen LogP contribution in [0.1, 0.15) is 11.1 Å². The Kier molecular flexibility index (Phi) is 4.83. The highest BCUT2D eigenvalue weighted by Crippen LogP contribution is 2.27. The van der Waals surface area contributed by atoms with Crippen LogP contribution in [0, 0.1) is 5.92 Å². The van der Waals surface area contributed by atoms with E-state index in [1.165, 1.54) is 11.1 Å². The van der Waals surface area contributed by atoms with E-state index in [1.54, 1.807) is 12.0 Å². The molecule has 0 saturated heterocycles. The number of benzene rings is 1. The second-order valence-electron chi connectivity index (χ2n) is 5.15. The molecule has 1 aliphatic carbocycles. The van der Waals surface area contributed by atoms with E-state index in [4.69, 9.17) is 16.3 Å². The van der Waals surface area contributed by atoms with E-state index in [0.29, 0.717) is 13.2 Å². The molecule has 0 aromatic heterocycles. The summed E-state index contributed by atoms with van der Waals surface area (Å²) in [5.74, 6) is 0.242. The molecule has 1 unspecified atom stereocenters. The molecular weight excluding hydrogens is 262 g/mol. The number of ether oxygens (including phenoxy) is 1. The number of carbonyl (C=O) groups excluding carboxylic acids is 1. The summed E-state index contributed by atoms with van der Waals surface area (Å²) in [7, 11) is 3.43. The van der Waals surface area contributed by atoms with E-state index in [0.717, 1.165) is 12.8 Å². The smallest absolute Gasteiger partial charge is 0.226 e. The molecule has 0 N–H and O–H groups in total. The Balaban J connectivity index is 1.91. The number of fused-ring (bicyclic) bond motifs is 1. The van der Waals surface area contributed by atoms with Crippen LogP contribution < -0.4 is 0 Å². The van der Waals surface area contributed by atoms with E-state index < -0.39 is 0 Å². The van der Waals surface area contributed by atoms with Crippen LogP contribution in [0.4, 0.5) is 0 Å². The Labute approximate surface area is 119 Å². The Bertz CT molecular complexity index is 425. The van der Waals surface area contributed by atoms with E-state index in [2.05, 4.69) is 12.1 Å². The molecule has 19 heavy (non-hydrogen) atoms. The van der Waals surface area contributed by atoms with Gasteiger partial charge in [0.05, 0.1) is 12.0 Å². The predicted octanol–water partition coefficient (Wildman–Crippen LogP) is 2.11. The van der Waals surface area contributed by atoms with Gasteiger partial charge in [-0.05, 0) is 24.0 Å². The molecule has 3 nitrogen and oxygen atoms in total. The van der Waals surface area contributed by atoms with Gasteiger partial charge in [-0.15, -0.1) is 11.6 Å². The number of nitrogens with zero attached hydrogens (tertiary/aromatic N) is 1. The lowest BCUT2D eigenvalue weighted by Gasteiger charge is -2.23. The third kappa shape index (κ3) is 3.48. The first-order valence-corrected chi connectivity index (χ1v) is 7.00. The van der Waals surface area contributed by atoms with E-state index in [-0.39, 0.29) is 17.2 Å². The van der Waals surface area contributed by atoms with Crippen molar-refractivity contribution in [1.29, 1.82) is 0 Å². The number of hydrogen-bond donors (Lipinski definition) is 0. The molecule has 4 heteroatoms. The Morgan fingerprint density at radius 1 is 1.42 bits per heavy atom. The van der Waals surface area contributed by atoms with Crippen LogP contribution in [0.5, 0.6) is 0 Å². The number of amides is 1. The average molecular weight is 282 g/mol. The fourth-order valence-electron chi connectivity index (χ4n) is 2.67. The van der Waals surface area contributed by atoms with Gasteiger partial charge in [-0.3, -0.25) is 4.79 Å². The monoisotopic (exact) mass is 281 g/mol. The highest BCUT2D eigenvalue weighted by molar-refractivity contribution is 6.21. The summed E-state index contributed by atoms with van der Waals surface area (Å²) < 4.78 is 4.99. The van der Waals surface area contributed by atoms with Crippen LogP contribution in [-0.2, 0) is 22.4 Å². The minimum Gasteiger partial charge on any atom is -0.383 e. The maximum absolute atomic E-state index is 12.4. The molecule has 0 bridgehead atoms. The largest absolute Gasteiger partial charge is 0.383 e. The van der Waals surface area contributed by atoms with Crippen molar-refractivity contribution in [3.05, 3.63) is 35.4 Å². The molecule has 0 spiro atoms. The molecule has 0 aliphatic heterocycles. The highest BCUT2D eigenvalue weighted by atomic mass is 35.5. The zero-order chi connectivity index (χ0) is 13.8. The second-order valence-corrected chi connectivity index (χ2v) is 5.76. The van der Waals surface area contributed by atoms with Gasteiger partial charge in [0.25, 0.3) is 0 Å². The first kappa shape index (κ1) is 14.4. The minimum absolute atomic E-state index is 0.0637. The van der Waals surface area contributed by atoms with Crippen LogP contribution in [0.25, 0.3) is 0 Å². The van der Waals surface area contributed by atoms with Gasteiger partial charge in [-0.25, -0.2) is 0 Å². The zero-order valence-electron chi connectivity index (χ0n) is 11.4. The molecule has 0 fully saturated rings. The summed E-state index contributed by atoms with van der Waals surface area (Å²) in [5.41, 5.74) is 2.60. The highest BCUT2D eigenvalue weighted by Gasteiger charge is 2.29. The summed E-state index contributed by atoms with van der Waals surface area (Å²) in [4.78, 5) is 14.1. The Morgan fingerprint density at radius 2 is 2.00 bits per heavy atom. The lowest BCUT2D eigenvalue weighted by Crippen LogP contribution is -2.38. The van der Waals surface area contributed by atoms with Gasteiger partial charge in [0.15, 0.2) is 0 Å². The normalized spacial score (nSPS) is 16.2. The van der Waals surface area contributed by atoms with Crippen LogP contribution in [0.3, 0.4) is 0 Å². The number of alkyl halides is 1. The fourth-order valence-corrected chi connectivity index (χ4v) is 3.00. The standard InChI is InChI=1S/C15H20ClNO2/c1-17(9-14(16)10-19-2)15(18)13-7-11-5-3-4-6-12(11)8-13/h3-6,13-14H,7-10H2,1-2H3. The topological polar surface area (TPSA) is 29.5 Å². The average Bonchev–Trinajstić information content (AvgIpc) is 2.81. The number of methoxy groups -OCH3 is 1. The summed E-state index contributed by atoms with van der Waals surface area (Å²) in [5, 5.41) is -0.150. The maximum atomic E-state index is 12.4. The van der Waals surface area contributed by atoms with Crippen LogP contribution in [0.2, 0.25) is 0 Å². The number of rotatable bonds is 5. The van der Waals surface area contributed by atoms with Crippen molar-refractivity contribution >= 4 is 17.5 Å². The first-order chi connectivity index (χ1) is 9.11. The van der Waals surface area contributed by atoms with Crippen LogP contribution >= 0.6 is 11.6 Å². The van der Waals surface area contributed by atoms with Crippen molar-refractivity contribution in [3.8, 4) is 0 Å². The number of carbonyl (C=O) groups is 1. The van der Waals surface area contributed by atoms with E-state index in [9.17, 15) is 4.79 Å².